The second-order valence-electron chi connectivity index (χ2n) is 5.64. The molecule has 1 N–H and O–H groups in total. The summed E-state index contributed by atoms with van der Waals surface area (Å²) in [7, 11) is 0. The Balaban J connectivity index is 1.82. The molecule has 1 spiro atoms. The Hall–Kier alpha value is -0.730. The summed E-state index contributed by atoms with van der Waals surface area (Å²) in [6, 6.07) is 8.80. The van der Waals surface area contributed by atoms with Crippen molar-refractivity contribution >= 4 is 17.3 Å². The van der Waals surface area contributed by atoms with Crippen LogP contribution in [-0.2, 0) is 0 Å². The molecule has 1 atom stereocenters. The number of hydrogen-bond acceptors (Lipinski definition) is 2. The van der Waals surface area contributed by atoms with E-state index >= 15 is 0 Å². The first-order valence-electron chi connectivity index (χ1n) is 6.41. The molecule has 17 heavy (non-hydrogen) atoms. The highest BCUT2D eigenvalue weighted by molar-refractivity contribution is 6.30. The minimum Gasteiger partial charge on any atom is -0.369 e. The van der Waals surface area contributed by atoms with E-state index in [-0.39, 0.29) is 0 Å². The lowest BCUT2D eigenvalue weighted by atomic mass is 10.1. The largest absolute Gasteiger partial charge is 0.369 e. The summed E-state index contributed by atoms with van der Waals surface area (Å²) < 4.78 is 0. The minimum atomic E-state index is 0.546. The molecule has 0 amide bonds. The lowest BCUT2D eigenvalue weighted by Crippen LogP contribution is -2.35. The SMILES string of the molecule is CC1CN(c2ccc(Cl)cc2)CC2(CC2)CN1. The maximum Gasteiger partial charge on any atom is 0.0407 e. The summed E-state index contributed by atoms with van der Waals surface area (Å²) in [5, 5.41) is 4.46. The normalized spacial score (nSPS) is 26.9. The average molecular weight is 251 g/mol. The highest BCUT2D eigenvalue weighted by Gasteiger charge is 2.45. The van der Waals surface area contributed by atoms with Crippen LogP contribution in [0.3, 0.4) is 0 Å². The van der Waals surface area contributed by atoms with Gasteiger partial charge in [-0.3, -0.25) is 0 Å². The van der Waals surface area contributed by atoms with Crippen LogP contribution in [0.4, 0.5) is 5.69 Å². The molecule has 1 heterocycles. The van der Waals surface area contributed by atoms with Gasteiger partial charge in [-0.25, -0.2) is 0 Å². The molecule has 2 fully saturated rings. The van der Waals surface area contributed by atoms with E-state index in [2.05, 4.69) is 29.3 Å². The van der Waals surface area contributed by atoms with Crippen molar-refractivity contribution in [3.63, 3.8) is 0 Å². The first kappa shape index (κ1) is 11.4. The van der Waals surface area contributed by atoms with Gasteiger partial charge in [-0.15, -0.1) is 0 Å². The molecule has 1 unspecified atom stereocenters. The Morgan fingerprint density at radius 2 is 2.00 bits per heavy atom. The Morgan fingerprint density at radius 1 is 1.29 bits per heavy atom. The van der Waals surface area contributed by atoms with Crippen molar-refractivity contribution in [2.75, 3.05) is 24.5 Å². The Kier molecular flexibility index (Phi) is 2.80. The molecule has 3 rings (SSSR count). The van der Waals surface area contributed by atoms with Crippen molar-refractivity contribution in [3.8, 4) is 0 Å². The van der Waals surface area contributed by atoms with Crippen LogP contribution in [0.2, 0.25) is 5.02 Å². The van der Waals surface area contributed by atoms with E-state index in [0.29, 0.717) is 11.5 Å². The number of rotatable bonds is 1. The molecule has 2 aliphatic rings. The molecular formula is C14H19ClN2. The predicted octanol–water partition coefficient (Wildman–Crippen LogP) is 2.92. The van der Waals surface area contributed by atoms with Gasteiger partial charge in [0.1, 0.15) is 0 Å². The van der Waals surface area contributed by atoms with E-state index in [0.717, 1.165) is 11.6 Å². The van der Waals surface area contributed by atoms with Crippen molar-refractivity contribution < 1.29 is 0 Å². The topological polar surface area (TPSA) is 15.3 Å². The van der Waals surface area contributed by atoms with E-state index in [1.165, 1.54) is 31.6 Å². The molecule has 1 aliphatic heterocycles. The van der Waals surface area contributed by atoms with Crippen LogP contribution in [0.15, 0.2) is 24.3 Å². The lowest BCUT2D eigenvalue weighted by molar-refractivity contribution is 0.479. The third-order valence-corrected chi connectivity index (χ3v) is 4.25. The van der Waals surface area contributed by atoms with Gasteiger partial charge in [0.25, 0.3) is 0 Å². The van der Waals surface area contributed by atoms with Gasteiger partial charge in [-0.05, 0) is 44.0 Å². The van der Waals surface area contributed by atoms with Crippen molar-refractivity contribution in [2.45, 2.75) is 25.8 Å². The molecule has 1 aliphatic carbocycles. The van der Waals surface area contributed by atoms with Crippen LogP contribution in [0, 0.1) is 5.41 Å². The quantitative estimate of drug-likeness (QED) is 0.825. The van der Waals surface area contributed by atoms with E-state index in [1.807, 2.05) is 12.1 Å². The van der Waals surface area contributed by atoms with Gasteiger partial charge >= 0.3 is 0 Å². The van der Waals surface area contributed by atoms with Crippen molar-refractivity contribution in [3.05, 3.63) is 29.3 Å². The summed E-state index contributed by atoms with van der Waals surface area (Å²) in [4.78, 5) is 2.51. The maximum atomic E-state index is 5.95. The van der Waals surface area contributed by atoms with Gasteiger partial charge < -0.3 is 10.2 Å². The van der Waals surface area contributed by atoms with E-state index < -0.39 is 0 Å². The Morgan fingerprint density at radius 3 is 2.65 bits per heavy atom. The average Bonchev–Trinajstić information content (AvgIpc) is 3.09. The molecule has 1 saturated carbocycles. The first-order chi connectivity index (χ1) is 8.17. The number of hydrogen-bond donors (Lipinski definition) is 1. The molecule has 92 valence electrons. The van der Waals surface area contributed by atoms with Crippen LogP contribution in [0.25, 0.3) is 0 Å². The highest BCUT2D eigenvalue weighted by Crippen LogP contribution is 2.47. The van der Waals surface area contributed by atoms with Gasteiger partial charge in [-0.2, -0.15) is 0 Å². The summed E-state index contributed by atoms with van der Waals surface area (Å²) in [6.07, 6.45) is 2.74. The standard InChI is InChI=1S/C14H19ClN2/c1-11-8-17(10-14(6-7-14)9-16-11)13-4-2-12(15)3-5-13/h2-5,11,16H,6-10H2,1H3. The molecule has 3 heteroatoms. The number of benzene rings is 1. The van der Waals surface area contributed by atoms with E-state index in [9.17, 15) is 0 Å². The van der Waals surface area contributed by atoms with Crippen molar-refractivity contribution in [2.24, 2.45) is 5.41 Å². The van der Waals surface area contributed by atoms with E-state index in [1.54, 1.807) is 0 Å². The number of nitrogens with zero attached hydrogens (tertiary/aromatic N) is 1. The molecular weight excluding hydrogens is 232 g/mol. The molecule has 0 bridgehead atoms. The zero-order chi connectivity index (χ0) is 11.9. The number of nitrogens with one attached hydrogen (secondary N) is 1. The van der Waals surface area contributed by atoms with E-state index in [4.69, 9.17) is 11.6 Å². The van der Waals surface area contributed by atoms with Gasteiger partial charge in [-0.1, -0.05) is 11.6 Å². The fraction of sp³-hybridized carbons (Fsp3) is 0.571. The Labute approximate surface area is 108 Å². The van der Waals surface area contributed by atoms with Crippen LogP contribution in [0.1, 0.15) is 19.8 Å². The summed E-state index contributed by atoms with van der Waals surface area (Å²) in [5.74, 6) is 0. The van der Waals surface area contributed by atoms with Crippen LogP contribution in [-0.4, -0.2) is 25.7 Å². The van der Waals surface area contributed by atoms with Gasteiger partial charge in [0.15, 0.2) is 0 Å². The second-order valence-corrected chi connectivity index (χ2v) is 6.08. The first-order valence-corrected chi connectivity index (χ1v) is 6.79. The van der Waals surface area contributed by atoms with Crippen LogP contribution >= 0.6 is 11.6 Å². The predicted molar refractivity (Wildman–Crippen MR) is 72.8 cm³/mol. The van der Waals surface area contributed by atoms with Crippen LogP contribution in [0.5, 0.6) is 0 Å². The molecule has 1 aromatic rings. The van der Waals surface area contributed by atoms with Gasteiger partial charge in [0, 0.05) is 41.8 Å². The Bertz CT molecular complexity index is 397. The third kappa shape index (κ3) is 2.43. The van der Waals surface area contributed by atoms with Gasteiger partial charge in [0.2, 0.25) is 0 Å². The summed E-state index contributed by atoms with van der Waals surface area (Å²) >= 11 is 5.95. The highest BCUT2D eigenvalue weighted by atomic mass is 35.5. The smallest absolute Gasteiger partial charge is 0.0407 e. The maximum absolute atomic E-state index is 5.95. The summed E-state index contributed by atoms with van der Waals surface area (Å²) in [5.41, 5.74) is 1.85. The van der Waals surface area contributed by atoms with Crippen LogP contribution < -0.4 is 10.2 Å². The molecule has 1 saturated heterocycles. The minimum absolute atomic E-state index is 0.546. The second kappa shape index (κ2) is 4.18. The van der Waals surface area contributed by atoms with Crippen molar-refractivity contribution in [1.82, 2.24) is 5.32 Å². The molecule has 0 radical (unpaired) electrons. The monoisotopic (exact) mass is 250 g/mol. The fourth-order valence-electron chi connectivity index (χ4n) is 2.67. The molecule has 2 nitrogen and oxygen atoms in total. The molecule has 1 aromatic carbocycles. The lowest BCUT2D eigenvalue weighted by Gasteiger charge is -2.27. The molecule has 0 aromatic heterocycles. The summed E-state index contributed by atoms with van der Waals surface area (Å²) in [6.45, 7) is 5.72. The van der Waals surface area contributed by atoms with Gasteiger partial charge in [0.05, 0.1) is 0 Å². The fourth-order valence-corrected chi connectivity index (χ4v) is 2.80. The van der Waals surface area contributed by atoms with Crippen molar-refractivity contribution in [1.29, 1.82) is 0 Å². The zero-order valence-corrected chi connectivity index (χ0v) is 11.0. The number of anilines is 1. The zero-order valence-electron chi connectivity index (χ0n) is 10.2. The number of halogens is 1. The third-order valence-electron chi connectivity index (χ3n) is 3.99.